The van der Waals surface area contributed by atoms with Crippen molar-refractivity contribution in [3.8, 4) is 11.5 Å². The van der Waals surface area contributed by atoms with Crippen molar-refractivity contribution in [3.05, 3.63) is 128 Å². The van der Waals surface area contributed by atoms with E-state index in [1.54, 1.807) is 0 Å². The topological polar surface area (TPSA) is 22.8 Å². The molecule has 0 atom stereocenters. The highest BCUT2D eigenvalue weighted by atomic mass is 32.1. The number of nitrogens with zero attached hydrogens (tertiary/aromatic N) is 3. The number of para-hydroxylation sites is 4. The Labute approximate surface area is 227 Å². The third-order valence-electron chi connectivity index (χ3n) is 7.98. The normalized spacial score (nSPS) is 12.1. The van der Waals surface area contributed by atoms with Gasteiger partial charge < -0.3 is 4.57 Å². The molecule has 0 fully saturated rings. The van der Waals surface area contributed by atoms with E-state index in [9.17, 15) is 0 Å². The van der Waals surface area contributed by atoms with Crippen LogP contribution in [0.3, 0.4) is 0 Å². The summed E-state index contributed by atoms with van der Waals surface area (Å²) in [5, 5.41) is 7.62. The van der Waals surface area contributed by atoms with Gasteiger partial charge in [0.15, 0.2) is 5.82 Å². The molecule has 0 aliphatic rings. The standard InChI is InChI=1S/C35H21N3S/c1-2-10-22(11-3-1)37-30-17-9-6-14-27(30)32-31(37)19-18-25-26-20-21-36-35(34(26)39-33(25)32)38-28-15-7-4-12-23(28)24-13-5-8-16-29(24)38/h1-21H. The van der Waals surface area contributed by atoms with E-state index in [0.29, 0.717) is 0 Å². The second-order valence-electron chi connectivity index (χ2n) is 10.0. The van der Waals surface area contributed by atoms with Gasteiger partial charge in [0.05, 0.1) is 26.8 Å². The molecule has 0 radical (unpaired) electrons. The Balaban J connectivity index is 1.44. The van der Waals surface area contributed by atoms with Crippen molar-refractivity contribution < 1.29 is 0 Å². The quantitative estimate of drug-likeness (QED) is 0.225. The fourth-order valence-corrected chi connectivity index (χ4v) is 7.70. The number of rotatable bonds is 2. The lowest BCUT2D eigenvalue weighted by Gasteiger charge is -2.08. The highest BCUT2D eigenvalue weighted by molar-refractivity contribution is 7.27. The van der Waals surface area contributed by atoms with Crippen LogP contribution in [0.2, 0.25) is 0 Å². The Morgan fingerprint density at radius 2 is 1.03 bits per heavy atom. The molecule has 0 spiro atoms. The molecule has 0 bridgehead atoms. The molecule has 4 heterocycles. The number of pyridine rings is 1. The largest absolute Gasteiger partial charge is 0.309 e. The van der Waals surface area contributed by atoms with Crippen LogP contribution in [0.4, 0.5) is 0 Å². The number of hydrogen-bond donors (Lipinski definition) is 0. The van der Waals surface area contributed by atoms with Crippen LogP contribution in [0.1, 0.15) is 0 Å². The van der Waals surface area contributed by atoms with E-state index in [2.05, 4.69) is 130 Å². The predicted octanol–water partition coefficient (Wildman–Crippen LogP) is 9.64. The molecule has 9 aromatic rings. The molecule has 3 nitrogen and oxygen atoms in total. The maximum Gasteiger partial charge on any atom is 0.155 e. The van der Waals surface area contributed by atoms with Crippen molar-refractivity contribution in [1.82, 2.24) is 14.1 Å². The minimum Gasteiger partial charge on any atom is -0.309 e. The molecule has 0 aliphatic heterocycles. The minimum absolute atomic E-state index is 0.992. The fraction of sp³-hybridized carbons (Fsp3) is 0. The zero-order chi connectivity index (χ0) is 25.5. The fourth-order valence-electron chi connectivity index (χ4n) is 6.36. The molecule has 4 heteroatoms. The van der Waals surface area contributed by atoms with Gasteiger partial charge in [-0.25, -0.2) is 4.98 Å². The van der Waals surface area contributed by atoms with Crippen LogP contribution in [-0.4, -0.2) is 14.1 Å². The van der Waals surface area contributed by atoms with Crippen LogP contribution in [0, 0.1) is 0 Å². The van der Waals surface area contributed by atoms with E-state index in [4.69, 9.17) is 4.98 Å². The first kappa shape index (κ1) is 21.1. The van der Waals surface area contributed by atoms with Crippen molar-refractivity contribution >= 4 is 75.1 Å². The second kappa shape index (κ2) is 7.79. The van der Waals surface area contributed by atoms with E-state index in [0.717, 1.165) is 5.82 Å². The average Bonchev–Trinajstić information content (AvgIpc) is 3.65. The van der Waals surface area contributed by atoms with Crippen LogP contribution in [0.25, 0.3) is 75.3 Å². The number of thiophene rings is 1. The predicted molar refractivity (Wildman–Crippen MR) is 166 cm³/mol. The van der Waals surface area contributed by atoms with Gasteiger partial charge in [0.25, 0.3) is 0 Å². The highest BCUT2D eigenvalue weighted by Crippen LogP contribution is 2.45. The Bertz CT molecular complexity index is 2340. The summed E-state index contributed by atoms with van der Waals surface area (Å²) >= 11 is 1.86. The van der Waals surface area contributed by atoms with E-state index < -0.39 is 0 Å². The Morgan fingerprint density at radius 3 is 1.74 bits per heavy atom. The van der Waals surface area contributed by atoms with Gasteiger partial charge in [0.1, 0.15) is 0 Å². The van der Waals surface area contributed by atoms with E-state index >= 15 is 0 Å². The summed E-state index contributed by atoms with van der Waals surface area (Å²) in [5.41, 5.74) is 6.00. The molecule has 182 valence electrons. The lowest BCUT2D eigenvalue weighted by atomic mass is 10.1. The monoisotopic (exact) mass is 515 g/mol. The maximum absolute atomic E-state index is 5.01. The van der Waals surface area contributed by atoms with Crippen molar-refractivity contribution in [2.75, 3.05) is 0 Å². The summed E-state index contributed by atoms with van der Waals surface area (Å²) in [7, 11) is 0. The van der Waals surface area contributed by atoms with Crippen molar-refractivity contribution in [2.24, 2.45) is 0 Å². The molecule has 0 aliphatic carbocycles. The summed E-state index contributed by atoms with van der Waals surface area (Å²) in [4.78, 5) is 5.01. The van der Waals surface area contributed by atoms with Crippen molar-refractivity contribution in [3.63, 3.8) is 0 Å². The lowest BCUT2D eigenvalue weighted by Crippen LogP contribution is -1.96. The molecule has 5 aromatic carbocycles. The van der Waals surface area contributed by atoms with Crippen molar-refractivity contribution in [1.29, 1.82) is 0 Å². The number of hydrogen-bond acceptors (Lipinski definition) is 2. The van der Waals surface area contributed by atoms with E-state index in [1.807, 2.05) is 17.5 Å². The maximum atomic E-state index is 5.01. The number of benzene rings is 5. The van der Waals surface area contributed by atoms with Gasteiger partial charge in [-0.2, -0.15) is 0 Å². The second-order valence-corrected chi connectivity index (χ2v) is 11.0. The molecule has 0 saturated heterocycles. The van der Waals surface area contributed by atoms with Gasteiger partial charge in [-0.15, -0.1) is 11.3 Å². The molecule has 9 rings (SSSR count). The SMILES string of the molecule is c1ccc(-n2c3ccccc3c3c4sc5c(-n6c7ccccc7c7ccccc76)nccc5c4ccc32)cc1. The van der Waals surface area contributed by atoms with Crippen LogP contribution in [-0.2, 0) is 0 Å². The Kier molecular flexibility index (Phi) is 4.21. The van der Waals surface area contributed by atoms with Gasteiger partial charge in [0.2, 0.25) is 0 Å². The summed E-state index contributed by atoms with van der Waals surface area (Å²) in [6.45, 7) is 0. The highest BCUT2D eigenvalue weighted by Gasteiger charge is 2.20. The van der Waals surface area contributed by atoms with Gasteiger partial charge in [-0.1, -0.05) is 78.9 Å². The molecular formula is C35H21N3S. The first-order chi connectivity index (χ1) is 19.4. The molecule has 0 unspecified atom stereocenters. The first-order valence-electron chi connectivity index (χ1n) is 13.2. The van der Waals surface area contributed by atoms with Crippen LogP contribution >= 0.6 is 11.3 Å². The molecule has 0 saturated carbocycles. The van der Waals surface area contributed by atoms with Gasteiger partial charge in [0, 0.05) is 48.9 Å². The Morgan fingerprint density at radius 1 is 0.436 bits per heavy atom. The number of fused-ring (bicyclic) bond motifs is 10. The average molecular weight is 516 g/mol. The van der Waals surface area contributed by atoms with Gasteiger partial charge >= 0.3 is 0 Å². The molecular weight excluding hydrogens is 494 g/mol. The summed E-state index contributed by atoms with van der Waals surface area (Å²) in [6, 6.07) is 43.5. The van der Waals surface area contributed by atoms with Crippen molar-refractivity contribution in [2.45, 2.75) is 0 Å². The summed E-state index contributed by atoms with van der Waals surface area (Å²) < 4.78 is 7.25. The zero-order valence-electron chi connectivity index (χ0n) is 20.9. The zero-order valence-corrected chi connectivity index (χ0v) is 21.7. The number of aromatic nitrogens is 3. The molecule has 0 amide bonds. The Hall–Kier alpha value is -4.93. The van der Waals surface area contributed by atoms with Crippen LogP contribution in [0.5, 0.6) is 0 Å². The minimum atomic E-state index is 0.992. The first-order valence-corrected chi connectivity index (χ1v) is 14.0. The third kappa shape index (κ3) is 2.78. The summed E-state index contributed by atoms with van der Waals surface area (Å²) in [6.07, 6.45) is 1.96. The smallest absolute Gasteiger partial charge is 0.155 e. The van der Waals surface area contributed by atoms with Gasteiger partial charge in [-0.3, -0.25) is 4.57 Å². The van der Waals surface area contributed by atoms with Crippen LogP contribution < -0.4 is 0 Å². The third-order valence-corrected chi connectivity index (χ3v) is 9.21. The van der Waals surface area contributed by atoms with Gasteiger partial charge in [-0.05, 0) is 42.5 Å². The molecule has 4 aromatic heterocycles. The van der Waals surface area contributed by atoms with E-state index in [-0.39, 0.29) is 0 Å². The molecule has 0 N–H and O–H groups in total. The molecule has 39 heavy (non-hydrogen) atoms. The van der Waals surface area contributed by atoms with E-state index in [1.165, 1.54) is 69.5 Å². The van der Waals surface area contributed by atoms with Crippen LogP contribution in [0.15, 0.2) is 128 Å². The summed E-state index contributed by atoms with van der Waals surface area (Å²) in [5.74, 6) is 0.992. The lowest BCUT2D eigenvalue weighted by molar-refractivity contribution is 1.11.